The molecule has 0 fully saturated rings. The van der Waals surface area contributed by atoms with Gasteiger partial charge in [-0.1, -0.05) is 127 Å². The summed E-state index contributed by atoms with van der Waals surface area (Å²) in [6, 6.07) is 0. The van der Waals surface area contributed by atoms with E-state index in [1.54, 1.807) is 6.08 Å². The predicted octanol–water partition coefficient (Wildman–Crippen LogP) is 25.8. The number of unbranched alkanes of at least 4 members (excludes halogenated alkanes) is 1. The first-order valence-corrected chi connectivity index (χ1v) is 38.1. The van der Waals surface area contributed by atoms with Gasteiger partial charge in [0.05, 0.1) is 146 Å². The lowest BCUT2D eigenvalue weighted by molar-refractivity contribution is 0.0775. The van der Waals surface area contributed by atoms with Crippen LogP contribution < -0.4 is 0 Å². The van der Waals surface area contributed by atoms with E-state index >= 15 is 0 Å². The van der Waals surface area contributed by atoms with Crippen LogP contribution in [-0.2, 0) is 56.8 Å². The van der Waals surface area contributed by atoms with Crippen molar-refractivity contribution in [3.05, 3.63) is 146 Å². The van der Waals surface area contributed by atoms with Gasteiger partial charge in [0, 0.05) is 6.61 Å². The molecule has 12 heteroatoms. The molecule has 0 amide bonds. The number of ether oxygens (including phenoxy) is 12. The zero-order valence-electron chi connectivity index (χ0n) is 73.9. The highest BCUT2D eigenvalue weighted by atomic mass is 16.5. The van der Waals surface area contributed by atoms with E-state index < -0.39 is 0 Å². The average Bonchev–Trinajstić information content (AvgIpc) is 1.99. The lowest BCUT2D eigenvalue weighted by atomic mass is 10.2. The van der Waals surface area contributed by atoms with Crippen LogP contribution in [0, 0.1) is 0 Å². The maximum atomic E-state index is 5.41. The van der Waals surface area contributed by atoms with Gasteiger partial charge in [0.1, 0.15) is 0 Å². The molecule has 0 N–H and O–H groups in total. The van der Waals surface area contributed by atoms with Crippen LogP contribution in [0.15, 0.2) is 146 Å². The first-order valence-electron chi connectivity index (χ1n) is 38.1. The van der Waals surface area contributed by atoms with Crippen LogP contribution >= 0.6 is 0 Å². The molecule has 0 rings (SSSR count). The third-order valence-corrected chi connectivity index (χ3v) is 10.3. The van der Waals surface area contributed by atoms with E-state index in [0.717, 1.165) is 104 Å². The van der Waals surface area contributed by atoms with Gasteiger partial charge < -0.3 is 56.8 Å². The van der Waals surface area contributed by atoms with Crippen LogP contribution in [0.2, 0.25) is 0 Å². The summed E-state index contributed by atoms with van der Waals surface area (Å²) >= 11 is 0. The Labute approximate surface area is 633 Å². The largest absolute Gasteiger partial charge is 0.379 e. The zero-order valence-corrected chi connectivity index (χ0v) is 73.9. The van der Waals surface area contributed by atoms with E-state index in [4.69, 9.17) is 56.8 Å². The average molecular weight is 1440 g/mol. The minimum atomic E-state index is 0.326. The Bertz CT molecular complexity index is 1700. The Hall–Kier alpha value is -3.60. The molecule has 0 aliphatic carbocycles. The summed E-state index contributed by atoms with van der Waals surface area (Å²) in [4.78, 5) is 0. The lowest BCUT2D eigenvalue weighted by Crippen LogP contribution is -2.05. The van der Waals surface area contributed by atoms with Gasteiger partial charge >= 0.3 is 0 Å². The topological polar surface area (TPSA) is 111 Å². The molecule has 12 nitrogen and oxygen atoms in total. The highest BCUT2D eigenvalue weighted by Gasteiger charge is 1.97. The van der Waals surface area contributed by atoms with Gasteiger partial charge in [0.25, 0.3) is 0 Å². The second-order valence-corrected chi connectivity index (χ2v) is 26.5. The predicted molar refractivity (Wildman–Crippen MR) is 454 cm³/mol. The van der Waals surface area contributed by atoms with Crippen molar-refractivity contribution in [3.63, 3.8) is 0 Å². The first kappa shape index (κ1) is 124. The summed E-state index contributed by atoms with van der Waals surface area (Å²) in [5, 5.41) is 0. The normalized spacial score (nSPS) is 10.7. The Morgan fingerprint density at radius 1 is 0.287 bits per heavy atom. The SMILES string of the molecule is C/C=C/CCOC(C)C.C/C=C/COC(C)C.C/C=C/COC(C)C.C/C=C/COC(C)C.C/C=C\COC(C)C.C=C(C)COC(C)C.C=CCCCOC(C)C.C=CCCOC(C)C.C=CCOC(C)C.CC(C)=C(C)COC(C)C.CC(C)=CCOC(C)C.CC/C=C/COC(C)C. The fourth-order valence-corrected chi connectivity index (χ4v) is 4.74. The fraction of sp³-hybridized carbons (Fsp3) is 0.730. The second kappa shape index (κ2) is 110. The van der Waals surface area contributed by atoms with Crippen LogP contribution in [0.3, 0.4) is 0 Å². The quantitative estimate of drug-likeness (QED) is 0.0429. The van der Waals surface area contributed by atoms with Gasteiger partial charge in [-0.15, -0.1) is 19.7 Å². The summed E-state index contributed by atoms with van der Waals surface area (Å²) in [6.45, 7) is 96.9. The van der Waals surface area contributed by atoms with Crippen molar-refractivity contribution < 1.29 is 56.8 Å². The van der Waals surface area contributed by atoms with Crippen LogP contribution in [0.1, 0.15) is 281 Å². The van der Waals surface area contributed by atoms with Crippen LogP contribution in [0.5, 0.6) is 0 Å². The molecule has 0 aromatic rings. The second-order valence-electron chi connectivity index (χ2n) is 26.5. The summed E-state index contributed by atoms with van der Waals surface area (Å²) in [5.74, 6) is 0. The van der Waals surface area contributed by atoms with Crippen LogP contribution in [0.25, 0.3) is 0 Å². The fourth-order valence-electron chi connectivity index (χ4n) is 4.74. The van der Waals surface area contributed by atoms with Crippen LogP contribution in [0.4, 0.5) is 0 Å². The molecule has 0 radical (unpaired) electrons. The molecule has 0 saturated heterocycles. The Kier molecular flexibility index (Phi) is 135. The molecule has 0 spiro atoms. The van der Waals surface area contributed by atoms with E-state index in [0.29, 0.717) is 86.5 Å². The standard InChI is InChI=1S/C9H18O.4C8H16O.6C7H14O.C6H12O/c1-7(2)9(5)6-10-8(3)4;1-7(2)5-6-9-8(3)4;3*1-4-5-6-7-9-8(2)3;1-6(2)5-8-7(3)4;5*1-4-5-6-8-7(2)3;1-4-5-7-6(2)3/h8H,6H2,1-5H3;5,8H,6H2,1-4H3;5-6,8H,4,7H2,1-3H3;4-5,8H,6-7H2,1-3H3;4,8H,1,5-7H2,2-3H3;7H,1,5H2,2-4H3;4*4-5,7H,6H2,1-3H3;4,7H,1,5-6H2,2-3H3;4,6H,1,5H2,2-3H3/b;;6-5+;5-4+;;;3*5-4+;5-4-;;. The maximum Gasteiger partial charge on any atom is 0.0679 e. The molecular weight excluding hydrogens is 1260 g/mol. The molecule has 0 atom stereocenters. The van der Waals surface area contributed by atoms with Gasteiger partial charge in [-0.2, -0.15) is 0 Å². The minimum absolute atomic E-state index is 0.326. The number of hydrogen-bond acceptors (Lipinski definition) is 12. The van der Waals surface area contributed by atoms with E-state index in [1.807, 2.05) is 247 Å². The van der Waals surface area contributed by atoms with Crippen molar-refractivity contribution in [2.24, 2.45) is 0 Å². The Morgan fingerprint density at radius 3 is 0.802 bits per heavy atom. The summed E-state index contributed by atoms with van der Waals surface area (Å²) in [5.41, 5.74) is 5.10. The van der Waals surface area contributed by atoms with E-state index in [9.17, 15) is 0 Å². The number of allylic oxidation sites excluding steroid dienone is 9. The van der Waals surface area contributed by atoms with Gasteiger partial charge in [0.15, 0.2) is 0 Å². The van der Waals surface area contributed by atoms with E-state index in [-0.39, 0.29) is 0 Å². The monoisotopic (exact) mass is 1440 g/mol. The maximum absolute atomic E-state index is 5.41. The van der Waals surface area contributed by atoms with Crippen molar-refractivity contribution in [2.75, 3.05) is 79.3 Å². The molecule has 0 unspecified atom stereocenters. The smallest absolute Gasteiger partial charge is 0.0679 e. The van der Waals surface area contributed by atoms with Crippen molar-refractivity contribution in [1.29, 1.82) is 0 Å². The molecule has 0 aliphatic heterocycles. The lowest BCUT2D eigenvalue weighted by Gasteiger charge is -2.08. The molecule has 101 heavy (non-hydrogen) atoms. The summed E-state index contributed by atoms with van der Waals surface area (Å²) < 4.78 is 62.8. The van der Waals surface area contributed by atoms with Gasteiger partial charge in [0.2, 0.25) is 0 Å². The third kappa shape index (κ3) is 214. The molecule has 0 bridgehead atoms. The highest BCUT2D eigenvalue weighted by molar-refractivity contribution is 5.06. The number of hydrogen-bond donors (Lipinski definition) is 0. The molecule has 606 valence electrons. The third-order valence-electron chi connectivity index (χ3n) is 10.3. The van der Waals surface area contributed by atoms with E-state index in [2.05, 4.69) is 120 Å². The molecule has 0 aromatic heterocycles. The van der Waals surface area contributed by atoms with Crippen molar-refractivity contribution in [2.45, 2.75) is 355 Å². The number of rotatable bonds is 41. The Morgan fingerprint density at radius 2 is 0.564 bits per heavy atom. The van der Waals surface area contributed by atoms with Crippen molar-refractivity contribution in [3.8, 4) is 0 Å². The van der Waals surface area contributed by atoms with Crippen LogP contribution in [-0.4, -0.2) is 153 Å². The summed E-state index contributed by atoms with van der Waals surface area (Å²) in [6.07, 6.45) is 41.4. The van der Waals surface area contributed by atoms with Gasteiger partial charge in [-0.3, -0.25) is 0 Å². The first-order chi connectivity index (χ1) is 47.2. The molecular formula is C89H178O12. The molecule has 0 saturated carbocycles. The minimum Gasteiger partial charge on any atom is -0.379 e. The van der Waals surface area contributed by atoms with Crippen molar-refractivity contribution >= 4 is 0 Å². The Balaban J connectivity index is -0.0000000856. The van der Waals surface area contributed by atoms with Gasteiger partial charge in [-0.25, -0.2) is 0 Å². The van der Waals surface area contributed by atoms with Crippen molar-refractivity contribution in [1.82, 2.24) is 0 Å². The van der Waals surface area contributed by atoms with Gasteiger partial charge in [-0.05, 0) is 280 Å². The molecule has 0 aromatic carbocycles. The zero-order chi connectivity index (χ0) is 81.1. The molecule has 0 heterocycles. The van der Waals surface area contributed by atoms with E-state index in [1.165, 1.54) is 16.7 Å². The highest BCUT2D eigenvalue weighted by Crippen LogP contribution is 2.04. The molecule has 0 aliphatic rings. The summed E-state index contributed by atoms with van der Waals surface area (Å²) in [7, 11) is 0.